The number of anilines is 2. The first-order valence-corrected chi connectivity index (χ1v) is 13.5. The highest BCUT2D eigenvalue weighted by molar-refractivity contribution is 6.05. The van der Waals surface area contributed by atoms with Crippen LogP contribution < -0.4 is 16.0 Å². The van der Waals surface area contributed by atoms with Gasteiger partial charge in [0.2, 0.25) is 0 Å². The number of carbonyl (C=O) groups excluding carboxylic acids is 4. The van der Waals surface area contributed by atoms with E-state index in [9.17, 15) is 19.2 Å². The minimum atomic E-state index is -0.670. The lowest BCUT2D eigenvalue weighted by atomic mass is 10.1. The smallest absolute Gasteiger partial charge is 0.412 e. The molecule has 0 aliphatic rings. The van der Waals surface area contributed by atoms with Crippen LogP contribution in [-0.2, 0) is 11.3 Å². The number of pyridine rings is 1. The van der Waals surface area contributed by atoms with E-state index in [1.165, 1.54) is 6.20 Å². The molecule has 11 heteroatoms. The minimum absolute atomic E-state index is 0.122. The normalized spacial score (nSPS) is 11.0. The first-order chi connectivity index (χ1) is 19.9. The molecule has 3 aromatic rings. The summed E-state index contributed by atoms with van der Waals surface area (Å²) in [5.41, 5.74) is 1.49. The summed E-state index contributed by atoms with van der Waals surface area (Å²) in [6.07, 6.45) is 0.893. The predicted octanol–water partition coefficient (Wildman–Crippen LogP) is 4.64. The molecule has 42 heavy (non-hydrogen) atoms. The molecule has 0 aliphatic heterocycles. The van der Waals surface area contributed by atoms with Gasteiger partial charge in [-0.1, -0.05) is 48.5 Å². The summed E-state index contributed by atoms with van der Waals surface area (Å²) in [5.74, 6) is -0.655. The van der Waals surface area contributed by atoms with Gasteiger partial charge in [0, 0.05) is 31.4 Å². The van der Waals surface area contributed by atoms with Gasteiger partial charge in [-0.05, 0) is 58.6 Å². The van der Waals surface area contributed by atoms with Crippen molar-refractivity contribution >= 4 is 35.2 Å². The molecule has 3 rings (SSSR count). The molecule has 1 aromatic heterocycles. The summed E-state index contributed by atoms with van der Waals surface area (Å²) < 4.78 is 5.30. The van der Waals surface area contributed by atoms with Crippen LogP contribution in [0.3, 0.4) is 0 Å². The lowest BCUT2D eigenvalue weighted by Crippen LogP contribution is -2.44. The van der Waals surface area contributed by atoms with Crippen molar-refractivity contribution in [3.63, 3.8) is 0 Å². The monoisotopic (exact) mass is 574 g/mol. The van der Waals surface area contributed by atoms with Gasteiger partial charge in [-0.25, -0.2) is 9.59 Å². The summed E-state index contributed by atoms with van der Waals surface area (Å²) >= 11 is 0. The second-order valence-corrected chi connectivity index (χ2v) is 10.9. The number of rotatable bonds is 11. The number of nitrogens with one attached hydrogen (secondary N) is 3. The Morgan fingerprint density at radius 3 is 2.07 bits per heavy atom. The summed E-state index contributed by atoms with van der Waals surface area (Å²) in [4.78, 5) is 58.4. The van der Waals surface area contributed by atoms with Crippen molar-refractivity contribution in [1.29, 1.82) is 0 Å². The van der Waals surface area contributed by atoms with Crippen LogP contribution in [0.2, 0.25) is 0 Å². The van der Waals surface area contributed by atoms with Crippen LogP contribution in [0, 0.1) is 0 Å². The fourth-order valence-corrected chi connectivity index (χ4v) is 3.74. The zero-order valence-electron chi connectivity index (χ0n) is 24.6. The second-order valence-electron chi connectivity index (χ2n) is 10.9. The molecule has 3 N–H and O–H groups in total. The molecule has 0 atom stereocenters. The van der Waals surface area contributed by atoms with E-state index in [1.54, 1.807) is 86.3 Å². The average molecular weight is 575 g/mol. The van der Waals surface area contributed by atoms with E-state index in [4.69, 9.17) is 4.74 Å². The highest BCUT2D eigenvalue weighted by Gasteiger charge is 2.19. The fraction of sp³-hybridized carbons (Fsp3) is 0.323. The Morgan fingerprint density at radius 2 is 1.48 bits per heavy atom. The number of carbonyl (C=O) groups is 4. The Bertz CT molecular complexity index is 1370. The number of ketones is 1. The van der Waals surface area contributed by atoms with Crippen molar-refractivity contribution in [3.05, 3.63) is 89.7 Å². The Morgan fingerprint density at radius 1 is 0.833 bits per heavy atom. The number of likely N-dealkylation sites (N-methyl/N-ethyl adjacent to an activating group) is 1. The van der Waals surface area contributed by atoms with Crippen LogP contribution in [0.4, 0.5) is 21.0 Å². The molecular weight excluding hydrogens is 536 g/mol. The number of amides is 4. The third kappa shape index (κ3) is 10.3. The maximum atomic E-state index is 13.0. The van der Waals surface area contributed by atoms with Crippen molar-refractivity contribution in [2.45, 2.75) is 32.9 Å². The zero-order chi connectivity index (χ0) is 30.7. The molecule has 0 aliphatic carbocycles. The number of hydrogen-bond acceptors (Lipinski definition) is 7. The zero-order valence-corrected chi connectivity index (χ0v) is 24.6. The van der Waals surface area contributed by atoms with Gasteiger partial charge < -0.3 is 25.2 Å². The van der Waals surface area contributed by atoms with Gasteiger partial charge >= 0.3 is 12.1 Å². The molecule has 0 bridgehead atoms. The number of benzene rings is 2. The third-order valence-electron chi connectivity index (χ3n) is 5.84. The second kappa shape index (κ2) is 14.7. The maximum Gasteiger partial charge on any atom is 0.412 e. The minimum Gasteiger partial charge on any atom is -0.444 e. The molecule has 4 amide bonds. The predicted molar refractivity (Wildman–Crippen MR) is 162 cm³/mol. The van der Waals surface area contributed by atoms with E-state index < -0.39 is 17.6 Å². The summed E-state index contributed by atoms with van der Waals surface area (Å²) in [7, 11) is 3.82. The molecule has 0 radical (unpaired) electrons. The Hall–Kier alpha value is -4.77. The van der Waals surface area contributed by atoms with E-state index >= 15 is 0 Å². The molecule has 11 nitrogen and oxygen atoms in total. The van der Waals surface area contributed by atoms with Crippen molar-refractivity contribution in [2.24, 2.45) is 0 Å². The van der Waals surface area contributed by atoms with Crippen LogP contribution in [-0.4, -0.2) is 77.9 Å². The molecule has 0 fully saturated rings. The number of nitrogens with zero attached hydrogens (tertiary/aromatic N) is 3. The van der Waals surface area contributed by atoms with Crippen LogP contribution >= 0.6 is 0 Å². The Kier molecular flexibility index (Phi) is 11.1. The first-order valence-electron chi connectivity index (χ1n) is 13.5. The maximum absolute atomic E-state index is 13.0. The summed E-state index contributed by atoms with van der Waals surface area (Å²) in [5, 5.41) is 8.12. The van der Waals surface area contributed by atoms with Crippen LogP contribution in [0.5, 0.6) is 0 Å². The highest BCUT2D eigenvalue weighted by atomic mass is 16.6. The lowest BCUT2D eigenvalue weighted by molar-refractivity contribution is 0.0635. The molecule has 1 heterocycles. The quantitative estimate of drug-likeness (QED) is 0.284. The average Bonchev–Trinajstić information content (AvgIpc) is 2.94. The molecule has 0 saturated carbocycles. The largest absolute Gasteiger partial charge is 0.444 e. The van der Waals surface area contributed by atoms with Crippen molar-refractivity contribution < 1.29 is 23.9 Å². The number of Topliss-reactive ketones (excluding diaryl/α,β-unsaturated/α-hetero) is 1. The molecular formula is C31H38N6O5. The van der Waals surface area contributed by atoms with Crippen LogP contribution in [0.15, 0.2) is 72.9 Å². The van der Waals surface area contributed by atoms with Gasteiger partial charge in [-0.3, -0.25) is 19.9 Å². The van der Waals surface area contributed by atoms with Crippen LogP contribution in [0.1, 0.15) is 47.2 Å². The molecule has 0 saturated heterocycles. The molecule has 2 aromatic carbocycles. The van der Waals surface area contributed by atoms with E-state index in [1.807, 2.05) is 25.1 Å². The van der Waals surface area contributed by atoms with Gasteiger partial charge in [-0.15, -0.1) is 0 Å². The van der Waals surface area contributed by atoms with E-state index in [-0.39, 0.29) is 30.6 Å². The van der Waals surface area contributed by atoms with Gasteiger partial charge in [-0.2, -0.15) is 0 Å². The molecule has 0 unspecified atom stereocenters. The van der Waals surface area contributed by atoms with Gasteiger partial charge in [0.05, 0.1) is 17.9 Å². The standard InChI is InChI=1S/C31H38N6O5/c1-31(2,3)42-30(41)35-25-14-10-9-13-24(25)34-28(39)26-16-15-22(19-32-26)21-37(18-17-36(4)5)29(40)33-20-27(38)23-11-7-6-8-12-23/h6-16,19H,17-18,20-21H2,1-5H3,(H,33,40)(H,34,39)(H,35,41). The van der Waals surface area contributed by atoms with Crippen molar-refractivity contribution in [2.75, 3.05) is 44.4 Å². The molecule has 222 valence electrons. The van der Waals surface area contributed by atoms with Crippen molar-refractivity contribution in [1.82, 2.24) is 20.1 Å². The third-order valence-corrected chi connectivity index (χ3v) is 5.84. The first kappa shape index (κ1) is 31.8. The number of ether oxygens (including phenoxy) is 1. The van der Waals surface area contributed by atoms with E-state index in [0.29, 0.717) is 35.6 Å². The number of para-hydroxylation sites is 2. The Balaban J connectivity index is 1.63. The SMILES string of the molecule is CN(C)CCN(Cc1ccc(C(=O)Nc2ccccc2NC(=O)OC(C)(C)C)nc1)C(=O)NCC(=O)c1ccccc1. The number of hydrogen-bond donors (Lipinski definition) is 3. The summed E-state index contributed by atoms with van der Waals surface area (Å²) in [6.45, 7) is 6.43. The van der Waals surface area contributed by atoms with E-state index in [2.05, 4.69) is 20.9 Å². The van der Waals surface area contributed by atoms with Gasteiger partial charge in [0.1, 0.15) is 11.3 Å². The number of aromatic nitrogens is 1. The van der Waals surface area contributed by atoms with E-state index in [0.717, 1.165) is 0 Å². The van der Waals surface area contributed by atoms with Crippen molar-refractivity contribution in [3.8, 4) is 0 Å². The Labute approximate surface area is 246 Å². The summed E-state index contributed by atoms with van der Waals surface area (Å²) in [6, 6.07) is 18.5. The molecule has 0 spiro atoms. The van der Waals surface area contributed by atoms with Gasteiger partial charge in [0.15, 0.2) is 5.78 Å². The number of urea groups is 1. The fourth-order valence-electron chi connectivity index (χ4n) is 3.74. The lowest BCUT2D eigenvalue weighted by Gasteiger charge is -2.24. The highest BCUT2D eigenvalue weighted by Crippen LogP contribution is 2.22. The topological polar surface area (TPSA) is 133 Å². The van der Waals surface area contributed by atoms with Crippen LogP contribution in [0.25, 0.3) is 0 Å². The van der Waals surface area contributed by atoms with Gasteiger partial charge in [0.25, 0.3) is 5.91 Å².